The number of carboxylic acid groups (broad SMARTS) is 1. The van der Waals surface area contributed by atoms with Crippen LogP contribution in [0.4, 0.5) is 0 Å². The molecule has 0 spiro atoms. The predicted octanol–water partition coefficient (Wildman–Crippen LogP) is 3.49. The molecular weight excluding hydrogens is 290 g/mol. The van der Waals surface area contributed by atoms with E-state index < -0.39 is 5.97 Å². The monoisotopic (exact) mass is 315 g/mol. The summed E-state index contributed by atoms with van der Waals surface area (Å²) in [5, 5.41) is 9.13. The van der Waals surface area contributed by atoms with Crippen molar-refractivity contribution in [1.82, 2.24) is 4.90 Å². The molecule has 1 unspecified atom stereocenters. The lowest BCUT2D eigenvalue weighted by molar-refractivity contribution is -0.136. The lowest BCUT2D eigenvalue weighted by Gasteiger charge is -2.31. The topological polar surface area (TPSA) is 57.6 Å². The number of amides is 1. The Kier molecular flexibility index (Phi) is 4.69. The van der Waals surface area contributed by atoms with E-state index in [2.05, 4.69) is 0 Å². The molecule has 0 bridgehead atoms. The fourth-order valence-electron chi connectivity index (χ4n) is 4.04. The van der Waals surface area contributed by atoms with Gasteiger partial charge < -0.3 is 10.0 Å². The van der Waals surface area contributed by atoms with Crippen LogP contribution in [0.5, 0.6) is 0 Å². The van der Waals surface area contributed by atoms with E-state index in [0.29, 0.717) is 18.0 Å². The molecule has 23 heavy (non-hydrogen) atoms. The SMILES string of the molecule is CC(CC1CCCC1)C(=O)N1CCc2ccc(C(=O)O)cc2C1. The quantitative estimate of drug-likeness (QED) is 0.925. The molecule has 1 amide bonds. The van der Waals surface area contributed by atoms with Crippen LogP contribution in [0.2, 0.25) is 0 Å². The van der Waals surface area contributed by atoms with Crippen LogP contribution in [-0.4, -0.2) is 28.4 Å². The van der Waals surface area contributed by atoms with Crippen molar-refractivity contribution in [2.75, 3.05) is 6.54 Å². The van der Waals surface area contributed by atoms with Gasteiger partial charge in [-0.2, -0.15) is 0 Å². The van der Waals surface area contributed by atoms with Gasteiger partial charge in [-0.25, -0.2) is 4.79 Å². The molecule has 1 fully saturated rings. The van der Waals surface area contributed by atoms with Crippen molar-refractivity contribution in [3.05, 3.63) is 34.9 Å². The molecule has 1 aliphatic heterocycles. The van der Waals surface area contributed by atoms with Crippen molar-refractivity contribution in [1.29, 1.82) is 0 Å². The summed E-state index contributed by atoms with van der Waals surface area (Å²) < 4.78 is 0. The Morgan fingerprint density at radius 1 is 1.26 bits per heavy atom. The number of carbonyl (C=O) groups is 2. The molecule has 1 N–H and O–H groups in total. The van der Waals surface area contributed by atoms with Crippen molar-refractivity contribution < 1.29 is 14.7 Å². The molecule has 1 aliphatic carbocycles. The van der Waals surface area contributed by atoms with E-state index in [9.17, 15) is 9.59 Å². The maximum Gasteiger partial charge on any atom is 0.335 e. The second-order valence-electron chi connectivity index (χ2n) is 7.09. The number of hydrogen-bond donors (Lipinski definition) is 1. The average Bonchev–Trinajstić information content (AvgIpc) is 3.05. The summed E-state index contributed by atoms with van der Waals surface area (Å²) in [6, 6.07) is 5.27. The van der Waals surface area contributed by atoms with Crippen LogP contribution in [0.1, 0.15) is 60.5 Å². The zero-order chi connectivity index (χ0) is 16.4. The van der Waals surface area contributed by atoms with Gasteiger partial charge in [0.25, 0.3) is 0 Å². The Labute approximate surface area is 137 Å². The zero-order valence-electron chi connectivity index (χ0n) is 13.8. The normalized spacial score (nSPS) is 19.4. The Morgan fingerprint density at radius 3 is 2.70 bits per heavy atom. The first-order valence-electron chi connectivity index (χ1n) is 8.68. The van der Waals surface area contributed by atoms with Gasteiger partial charge in [0.15, 0.2) is 0 Å². The van der Waals surface area contributed by atoms with Gasteiger partial charge in [-0.15, -0.1) is 0 Å². The van der Waals surface area contributed by atoms with Crippen LogP contribution >= 0.6 is 0 Å². The Morgan fingerprint density at radius 2 is 2.00 bits per heavy atom. The van der Waals surface area contributed by atoms with Crippen LogP contribution in [0.3, 0.4) is 0 Å². The minimum absolute atomic E-state index is 0.0716. The second-order valence-corrected chi connectivity index (χ2v) is 7.09. The number of carbonyl (C=O) groups excluding carboxylic acids is 1. The fourth-order valence-corrected chi connectivity index (χ4v) is 4.04. The van der Waals surface area contributed by atoms with Crippen molar-refractivity contribution in [2.24, 2.45) is 11.8 Å². The maximum absolute atomic E-state index is 12.7. The summed E-state index contributed by atoms with van der Waals surface area (Å²) >= 11 is 0. The smallest absolute Gasteiger partial charge is 0.335 e. The van der Waals surface area contributed by atoms with Crippen LogP contribution < -0.4 is 0 Å². The number of hydrogen-bond acceptors (Lipinski definition) is 2. The summed E-state index contributed by atoms with van der Waals surface area (Å²) in [5.41, 5.74) is 2.46. The molecule has 0 radical (unpaired) electrons. The van der Waals surface area contributed by atoms with Crippen molar-refractivity contribution >= 4 is 11.9 Å². The van der Waals surface area contributed by atoms with E-state index in [1.54, 1.807) is 12.1 Å². The molecular formula is C19H25NO3. The molecule has 0 saturated heterocycles. The molecule has 1 atom stereocenters. The number of benzene rings is 1. The average molecular weight is 315 g/mol. The van der Waals surface area contributed by atoms with Crippen LogP contribution in [0, 0.1) is 11.8 Å². The Bertz CT molecular complexity index is 605. The predicted molar refractivity (Wildman–Crippen MR) is 88.3 cm³/mol. The van der Waals surface area contributed by atoms with Crippen LogP contribution in [-0.2, 0) is 17.8 Å². The highest BCUT2D eigenvalue weighted by Gasteiger charge is 2.27. The van der Waals surface area contributed by atoms with E-state index in [1.807, 2.05) is 17.9 Å². The van der Waals surface area contributed by atoms with Crippen molar-refractivity contribution in [2.45, 2.75) is 52.0 Å². The molecule has 3 rings (SSSR count). The first kappa shape index (κ1) is 16.0. The third-order valence-electron chi connectivity index (χ3n) is 5.36. The van der Waals surface area contributed by atoms with Gasteiger partial charge in [0.2, 0.25) is 5.91 Å². The van der Waals surface area contributed by atoms with Gasteiger partial charge in [0, 0.05) is 19.0 Å². The highest BCUT2D eigenvalue weighted by Crippen LogP contribution is 2.31. The van der Waals surface area contributed by atoms with Crippen molar-refractivity contribution in [3.63, 3.8) is 0 Å². The van der Waals surface area contributed by atoms with E-state index in [4.69, 9.17) is 5.11 Å². The van der Waals surface area contributed by atoms with Crippen LogP contribution in [0.15, 0.2) is 18.2 Å². The number of fused-ring (bicyclic) bond motifs is 1. The number of nitrogens with zero attached hydrogens (tertiary/aromatic N) is 1. The Hall–Kier alpha value is -1.84. The van der Waals surface area contributed by atoms with Crippen LogP contribution in [0.25, 0.3) is 0 Å². The number of rotatable bonds is 4. The molecule has 2 aliphatic rings. The zero-order valence-corrected chi connectivity index (χ0v) is 13.8. The summed E-state index contributed by atoms with van der Waals surface area (Å²) in [4.78, 5) is 25.8. The number of aromatic carboxylic acids is 1. The van der Waals surface area contributed by atoms with Gasteiger partial charge in [-0.1, -0.05) is 38.7 Å². The molecule has 1 aromatic carbocycles. The third kappa shape index (κ3) is 3.57. The van der Waals surface area contributed by atoms with Gasteiger partial charge in [0.05, 0.1) is 5.56 Å². The molecule has 124 valence electrons. The summed E-state index contributed by atoms with van der Waals surface area (Å²) in [6.07, 6.45) is 6.96. The molecule has 0 aromatic heterocycles. The number of carboxylic acids is 1. The lowest BCUT2D eigenvalue weighted by Crippen LogP contribution is -2.39. The van der Waals surface area contributed by atoms with E-state index in [-0.39, 0.29) is 11.8 Å². The van der Waals surface area contributed by atoms with E-state index >= 15 is 0 Å². The lowest BCUT2D eigenvalue weighted by atomic mass is 9.92. The summed E-state index contributed by atoms with van der Waals surface area (Å²) in [6.45, 7) is 3.33. The van der Waals surface area contributed by atoms with Crippen molar-refractivity contribution in [3.8, 4) is 0 Å². The molecule has 4 heteroatoms. The molecule has 1 saturated carbocycles. The fraction of sp³-hybridized carbons (Fsp3) is 0.579. The standard InChI is InChI=1S/C19H25NO3/c1-13(10-14-4-2-3-5-14)18(21)20-9-8-15-6-7-16(19(22)23)11-17(15)12-20/h6-7,11,13-14H,2-5,8-10,12H2,1H3,(H,22,23). The minimum atomic E-state index is -0.911. The van der Waals surface area contributed by atoms with Gasteiger partial charge in [-0.3, -0.25) is 4.79 Å². The third-order valence-corrected chi connectivity index (χ3v) is 5.36. The molecule has 1 heterocycles. The first-order chi connectivity index (χ1) is 11.0. The van der Waals surface area contributed by atoms with E-state index in [0.717, 1.165) is 24.9 Å². The highest BCUT2D eigenvalue weighted by atomic mass is 16.4. The summed E-state index contributed by atoms with van der Waals surface area (Å²) in [5.74, 6) is 0.0982. The molecule has 4 nitrogen and oxygen atoms in total. The second kappa shape index (κ2) is 6.73. The van der Waals surface area contributed by atoms with Gasteiger partial charge in [-0.05, 0) is 42.0 Å². The largest absolute Gasteiger partial charge is 0.478 e. The molecule has 1 aromatic rings. The van der Waals surface area contributed by atoms with Gasteiger partial charge in [0.1, 0.15) is 0 Å². The first-order valence-corrected chi connectivity index (χ1v) is 8.68. The summed E-state index contributed by atoms with van der Waals surface area (Å²) in [7, 11) is 0. The highest BCUT2D eigenvalue weighted by molar-refractivity contribution is 5.88. The van der Waals surface area contributed by atoms with E-state index in [1.165, 1.54) is 31.2 Å². The Balaban J connectivity index is 1.66. The van der Waals surface area contributed by atoms with Gasteiger partial charge >= 0.3 is 5.97 Å². The maximum atomic E-state index is 12.7. The minimum Gasteiger partial charge on any atom is -0.478 e.